The van der Waals surface area contributed by atoms with Crippen molar-refractivity contribution in [2.45, 2.75) is 11.3 Å². The monoisotopic (exact) mass is 323 g/mol. The summed E-state index contributed by atoms with van der Waals surface area (Å²) in [6.07, 6.45) is 0.0798. The highest BCUT2D eigenvalue weighted by atomic mass is 35.5. The lowest BCUT2D eigenvalue weighted by Crippen LogP contribution is -2.26. The van der Waals surface area contributed by atoms with E-state index in [2.05, 4.69) is 0 Å². The molecule has 0 bridgehead atoms. The predicted molar refractivity (Wildman–Crippen MR) is 83.0 cm³/mol. The number of hydrogen-bond acceptors (Lipinski definition) is 3. The summed E-state index contributed by atoms with van der Waals surface area (Å²) in [4.78, 5) is 11.0. The van der Waals surface area contributed by atoms with E-state index in [0.717, 1.165) is 0 Å². The molecule has 0 fully saturated rings. The molecule has 0 N–H and O–H groups in total. The maximum atomic E-state index is 12.5. The number of rotatable bonds is 5. The number of halogens is 1. The fourth-order valence-corrected chi connectivity index (χ4v) is 3.22. The van der Waals surface area contributed by atoms with Crippen LogP contribution in [0.3, 0.4) is 0 Å². The van der Waals surface area contributed by atoms with Gasteiger partial charge in [-0.25, -0.2) is 8.42 Å². The van der Waals surface area contributed by atoms with Crippen LogP contribution in [0.15, 0.2) is 59.5 Å². The van der Waals surface area contributed by atoms with E-state index in [1.165, 1.54) is 23.5 Å². The molecule has 0 aliphatic rings. The van der Waals surface area contributed by atoms with Crippen LogP contribution in [0.2, 0.25) is 0 Å². The minimum absolute atomic E-state index is 0.0798. The third-order valence-corrected chi connectivity index (χ3v) is 4.98. The summed E-state index contributed by atoms with van der Waals surface area (Å²) in [7, 11) is -2.12. The van der Waals surface area contributed by atoms with Gasteiger partial charge in [-0.2, -0.15) is 0 Å². The number of benzene rings is 2. The van der Waals surface area contributed by atoms with Crippen LogP contribution in [-0.4, -0.2) is 20.7 Å². The quantitative estimate of drug-likeness (QED) is 0.795. The standard InChI is InChI=1S/C15H14ClNO3S/c1-17(13-5-3-2-4-6-13)21(19,20)14-9-7-12(8-10-14)11-15(16)18/h2-10H,11H2,1H3. The lowest BCUT2D eigenvalue weighted by Gasteiger charge is -2.19. The third-order valence-electron chi connectivity index (χ3n) is 3.04. The molecule has 2 aromatic rings. The first-order chi connectivity index (χ1) is 9.91. The molecule has 0 radical (unpaired) electrons. The van der Waals surface area contributed by atoms with Crippen molar-refractivity contribution in [3.8, 4) is 0 Å². The van der Waals surface area contributed by atoms with Gasteiger partial charge >= 0.3 is 0 Å². The van der Waals surface area contributed by atoms with Gasteiger partial charge in [-0.3, -0.25) is 9.10 Å². The van der Waals surface area contributed by atoms with Gasteiger partial charge in [0.25, 0.3) is 10.0 Å². The summed E-state index contributed by atoms with van der Waals surface area (Å²) < 4.78 is 26.2. The first kappa shape index (κ1) is 15.5. The molecule has 6 heteroatoms. The lowest BCUT2D eigenvalue weighted by molar-refractivity contribution is -0.111. The summed E-state index contributed by atoms with van der Waals surface area (Å²) in [5.74, 6) is 0. The first-order valence-electron chi connectivity index (χ1n) is 6.22. The van der Waals surface area contributed by atoms with Crippen molar-refractivity contribution >= 4 is 32.6 Å². The minimum Gasteiger partial charge on any atom is -0.281 e. The smallest absolute Gasteiger partial charge is 0.264 e. The van der Waals surface area contributed by atoms with Crippen molar-refractivity contribution in [1.29, 1.82) is 0 Å². The molecule has 0 spiro atoms. The van der Waals surface area contributed by atoms with E-state index < -0.39 is 15.3 Å². The third kappa shape index (κ3) is 3.62. The highest BCUT2D eigenvalue weighted by Crippen LogP contribution is 2.22. The van der Waals surface area contributed by atoms with Gasteiger partial charge in [-0.15, -0.1) is 0 Å². The fraction of sp³-hybridized carbons (Fsp3) is 0.133. The summed E-state index contributed by atoms with van der Waals surface area (Å²) >= 11 is 5.31. The van der Waals surface area contributed by atoms with E-state index in [1.807, 2.05) is 6.07 Å². The number of carbonyl (C=O) groups excluding carboxylic acids is 1. The zero-order valence-corrected chi connectivity index (χ0v) is 12.9. The number of carbonyl (C=O) groups is 1. The Morgan fingerprint density at radius 3 is 2.14 bits per heavy atom. The van der Waals surface area contributed by atoms with Crippen molar-refractivity contribution in [3.05, 3.63) is 60.2 Å². The van der Waals surface area contributed by atoms with Crippen LogP contribution in [0.25, 0.3) is 0 Å². The van der Waals surface area contributed by atoms with E-state index in [-0.39, 0.29) is 11.3 Å². The largest absolute Gasteiger partial charge is 0.281 e. The molecule has 110 valence electrons. The maximum absolute atomic E-state index is 12.5. The van der Waals surface area contributed by atoms with Crippen molar-refractivity contribution in [2.24, 2.45) is 0 Å². The Labute approximate surface area is 129 Å². The Balaban J connectivity index is 2.29. The number of nitrogens with zero attached hydrogens (tertiary/aromatic N) is 1. The summed E-state index contributed by atoms with van der Waals surface area (Å²) in [6.45, 7) is 0. The molecule has 4 nitrogen and oxygen atoms in total. The molecular weight excluding hydrogens is 310 g/mol. The van der Waals surface area contributed by atoms with E-state index in [1.54, 1.807) is 36.4 Å². The average Bonchev–Trinajstić information content (AvgIpc) is 2.47. The van der Waals surface area contributed by atoms with Gasteiger partial charge < -0.3 is 0 Å². The van der Waals surface area contributed by atoms with Gasteiger partial charge in [0.1, 0.15) is 0 Å². The van der Waals surface area contributed by atoms with Crippen LogP contribution in [-0.2, 0) is 21.2 Å². The molecule has 0 amide bonds. The van der Waals surface area contributed by atoms with Crippen LogP contribution in [0, 0.1) is 0 Å². The number of sulfonamides is 1. The second-order valence-corrected chi connectivity index (χ2v) is 6.87. The van der Waals surface area contributed by atoms with E-state index in [4.69, 9.17) is 11.6 Å². The van der Waals surface area contributed by atoms with Crippen LogP contribution in [0.4, 0.5) is 5.69 Å². The second kappa shape index (κ2) is 6.28. The highest BCUT2D eigenvalue weighted by molar-refractivity contribution is 7.92. The van der Waals surface area contributed by atoms with Gasteiger partial charge in [0.15, 0.2) is 0 Å². The molecule has 0 atom stereocenters. The van der Waals surface area contributed by atoms with Gasteiger partial charge in [-0.1, -0.05) is 30.3 Å². The Morgan fingerprint density at radius 2 is 1.62 bits per heavy atom. The van der Waals surface area contributed by atoms with E-state index in [9.17, 15) is 13.2 Å². The molecule has 2 aromatic carbocycles. The van der Waals surface area contributed by atoms with Gasteiger partial charge in [0, 0.05) is 13.5 Å². The molecule has 0 heterocycles. The van der Waals surface area contributed by atoms with Crippen LogP contribution in [0.5, 0.6) is 0 Å². The molecule has 0 aliphatic carbocycles. The topological polar surface area (TPSA) is 54.5 Å². The lowest BCUT2D eigenvalue weighted by atomic mass is 10.2. The Morgan fingerprint density at radius 1 is 1.05 bits per heavy atom. The van der Waals surface area contributed by atoms with Crippen LogP contribution >= 0.6 is 11.6 Å². The maximum Gasteiger partial charge on any atom is 0.264 e. The number of para-hydroxylation sites is 1. The van der Waals surface area contributed by atoms with Crippen molar-refractivity contribution in [2.75, 3.05) is 11.4 Å². The van der Waals surface area contributed by atoms with Crippen molar-refractivity contribution in [1.82, 2.24) is 0 Å². The Kier molecular flexibility index (Phi) is 4.65. The first-order valence-corrected chi connectivity index (χ1v) is 8.04. The molecule has 0 saturated heterocycles. The molecule has 0 saturated carbocycles. The molecule has 2 rings (SSSR count). The van der Waals surface area contributed by atoms with Crippen LogP contribution < -0.4 is 4.31 Å². The molecule has 0 unspecified atom stereocenters. The van der Waals surface area contributed by atoms with Gasteiger partial charge in [-0.05, 0) is 41.4 Å². The van der Waals surface area contributed by atoms with Crippen LogP contribution in [0.1, 0.15) is 5.56 Å². The molecule has 0 aliphatic heterocycles. The molecular formula is C15H14ClNO3S. The fourth-order valence-electron chi connectivity index (χ4n) is 1.87. The summed E-state index contributed by atoms with van der Waals surface area (Å²) in [5, 5.41) is -0.480. The average molecular weight is 324 g/mol. The Hall–Kier alpha value is -1.85. The minimum atomic E-state index is -3.62. The second-order valence-electron chi connectivity index (χ2n) is 4.48. The van der Waals surface area contributed by atoms with Crippen molar-refractivity contribution in [3.63, 3.8) is 0 Å². The SMILES string of the molecule is CN(c1ccccc1)S(=O)(=O)c1ccc(CC(=O)Cl)cc1. The Bertz CT molecular complexity index is 727. The van der Waals surface area contributed by atoms with Gasteiger partial charge in [0.2, 0.25) is 5.24 Å². The van der Waals surface area contributed by atoms with E-state index in [0.29, 0.717) is 11.3 Å². The predicted octanol–water partition coefficient (Wildman–Crippen LogP) is 2.82. The van der Waals surface area contributed by atoms with Gasteiger partial charge in [0.05, 0.1) is 10.6 Å². The summed E-state index contributed by atoms with van der Waals surface area (Å²) in [5.41, 5.74) is 1.26. The molecule has 21 heavy (non-hydrogen) atoms. The number of anilines is 1. The van der Waals surface area contributed by atoms with E-state index >= 15 is 0 Å². The normalized spacial score (nSPS) is 11.1. The van der Waals surface area contributed by atoms with Crippen molar-refractivity contribution < 1.29 is 13.2 Å². The zero-order chi connectivity index (χ0) is 15.5. The highest BCUT2D eigenvalue weighted by Gasteiger charge is 2.20. The molecule has 0 aromatic heterocycles. The summed E-state index contributed by atoms with van der Waals surface area (Å²) in [6, 6.07) is 14.9. The number of hydrogen-bond donors (Lipinski definition) is 0. The zero-order valence-electron chi connectivity index (χ0n) is 11.4.